The smallest absolute Gasteiger partial charge is 0.376 e. The number of rotatable bonds is 5. The fourth-order valence-corrected chi connectivity index (χ4v) is 3.47. The van der Waals surface area contributed by atoms with Gasteiger partial charge in [-0.05, 0) is 48.2 Å². The molecule has 8 nitrogen and oxygen atoms in total. The summed E-state index contributed by atoms with van der Waals surface area (Å²) < 4.78 is 6.89. The third-order valence-electron chi connectivity index (χ3n) is 4.84. The Morgan fingerprint density at radius 2 is 2.11 bits per heavy atom. The van der Waals surface area contributed by atoms with E-state index in [0.717, 1.165) is 23.3 Å². The quantitative estimate of drug-likeness (QED) is 0.499. The van der Waals surface area contributed by atoms with Gasteiger partial charge in [0.05, 0.1) is 11.5 Å². The summed E-state index contributed by atoms with van der Waals surface area (Å²) in [6, 6.07) is 11.0. The van der Waals surface area contributed by atoms with Crippen LogP contribution in [0.25, 0.3) is 5.65 Å². The molecule has 0 bridgehead atoms. The summed E-state index contributed by atoms with van der Waals surface area (Å²) in [6.45, 7) is 3.73. The molecule has 3 heterocycles. The molecule has 0 saturated carbocycles. The Morgan fingerprint density at radius 1 is 1.25 bits per heavy atom. The lowest BCUT2D eigenvalue weighted by atomic mass is 9.99. The second-order valence-corrected chi connectivity index (χ2v) is 6.73. The molecule has 0 unspecified atom stereocenters. The van der Waals surface area contributed by atoms with Crippen LogP contribution in [0.4, 0.5) is 11.5 Å². The lowest BCUT2D eigenvalue weighted by Crippen LogP contribution is -2.34. The maximum atomic E-state index is 12.7. The van der Waals surface area contributed by atoms with Crippen molar-refractivity contribution in [2.75, 3.05) is 18.1 Å². The highest BCUT2D eigenvalue weighted by atomic mass is 16.6. The highest BCUT2D eigenvalue weighted by molar-refractivity contribution is 5.62. The van der Waals surface area contributed by atoms with Crippen molar-refractivity contribution in [1.82, 2.24) is 9.38 Å². The Labute approximate surface area is 161 Å². The van der Waals surface area contributed by atoms with E-state index in [2.05, 4.69) is 11.9 Å². The zero-order valence-electron chi connectivity index (χ0n) is 15.5. The molecule has 0 amide bonds. The van der Waals surface area contributed by atoms with Gasteiger partial charge >= 0.3 is 11.2 Å². The van der Waals surface area contributed by atoms with Crippen LogP contribution in [-0.2, 0) is 13.0 Å². The van der Waals surface area contributed by atoms with Crippen molar-refractivity contribution in [3.05, 3.63) is 74.2 Å². The Morgan fingerprint density at radius 3 is 2.89 bits per heavy atom. The topological polar surface area (TPSA) is 90.0 Å². The number of nitro groups is 1. The molecule has 1 aliphatic heterocycles. The molecule has 0 atom stereocenters. The fourth-order valence-electron chi connectivity index (χ4n) is 3.47. The van der Waals surface area contributed by atoms with Crippen molar-refractivity contribution >= 4 is 17.2 Å². The van der Waals surface area contributed by atoms with Crippen molar-refractivity contribution in [2.45, 2.75) is 26.3 Å². The normalized spacial score (nSPS) is 13.4. The Hall–Kier alpha value is -3.42. The van der Waals surface area contributed by atoms with E-state index in [9.17, 15) is 14.9 Å². The molecular weight excluding hydrogens is 360 g/mol. The van der Waals surface area contributed by atoms with E-state index in [0.29, 0.717) is 31.8 Å². The average molecular weight is 380 g/mol. The van der Waals surface area contributed by atoms with Crippen molar-refractivity contribution in [2.24, 2.45) is 0 Å². The Balaban J connectivity index is 1.73. The van der Waals surface area contributed by atoms with Crippen LogP contribution >= 0.6 is 0 Å². The molecule has 3 aromatic rings. The van der Waals surface area contributed by atoms with E-state index in [1.807, 2.05) is 18.2 Å². The molecule has 0 fully saturated rings. The molecule has 0 saturated heterocycles. The summed E-state index contributed by atoms with van der Waals surface area (Å²) in [7, 11) is 0. The molecule has 4 rings (SSSR count). The van der Waals surface area contributed by atoms with Gasteiger partial charge in [0, 0.05) is 19.3 Å². The van der Waals surface area contributed by atoms with E-state index in [1.54, 1.807) is 23.1 Å². The summed E-state index contributed by atoms with van der Waals surface area (Å²) in [5.74, 6) is 0.959. The first-order valence-corrected chi connectivity index (χ1v) is 9.24. The van der Waals surface area contributed by atoms with Crippen LogP contribution in [-0.4, -0.2) is 27.5 Å². The standard InChI is InChI=1S/C20H20N4O4/c1-2-11-28-16-7-6-15-13-22(10-8-14(15)12-16)19-18(24(26)27)20(25)23-9-4-3-5-17(23)21-19/h3-7,9,12H,2,8,10-11,13H2,1H3. The number of hydrogen-bond donors (Lipinski definition) is 0. The molecule has 8 heteroatoms. The third kappa shape index (κ3) is 3.17. The van der Waals surface area contributed by atoms with Crippen LogP contribution in [0.1, 0.15) is 24.5 Å². The summed E-state index contributed by atoms with van der Waals surface area (Å²) in [6.07, 6.45) is 3.13. The van der Waals surface area contributed by atoms with Crippen molar-refractivity contribution in [3.63, 3.8) is 0 Å². The predicted octanol–water partition coefficient (Wildman–Crippen LogP) is 2.95. The lowest BCUT2D eigenvalue weighted by molar-refractivity contribution is -0.385. The largest absolute Gasteiger partial charge is 0.494 e. The molecule has 28 heavy (non-hydrogen) atoms. The number of benzene rings is 1. The van der Waals surface area contributed by atoms with E-state index in [1.165, 1.54) is 10.6 Å². The zero-order chi connectivity index (χ0) is 19.7. The van der Waals surface area contributed by atoms with Crippen LogP contribution < -0.4 is 15.2 Å². The molecule has 0 radical (unpaired) electrons. The van der Waals surface area contributed by atoms with Crippen LogP contribution in [0.3, 0.4) is 0 Å². The molecule has 1 aromatic carbocycles. The number of ether oxygens (including phenoxy) is 1. The fraction of sp³-hybridized carbons (Fsp3) is 0.300. The van der Waals surface area contributed by atoms with Crippen LogP contribution in [0.5, 0.6) is 5.75 Å². The Kier molecular flexibility index (Phi) is 4.68. The highest BCUT2D eigenvalue weighted by Gasteiger charge is 2.29. The number of anilines is 1. The highest BCUT2D eigenvalue weighted by Crippen LogP contribution is 2.30. The number of aromatic nitrogens is 2. The summed E-state index contributed by atoms with van der Waals surface area (Å²) in [5.41, 5.74) is 1.45. The van der Waals surface area contributed by atoms with E-state index >= 15 is 0 Å². The van der Waals surface area contributed by atoms with Crippen molar-refractivity contribution < 1.29 is 9.66 Å². The van der Waals surface area contributed by atoms with Crippen molar-refractivity contribution in [3.8, 4) is 5.75 Å². The summed E-state index contributed by atoms with van der Waals surface area (Å²) in [5, 5.41) is 11.6. The van der Waals surface area contributed by atoms with Gasteiger partial charge in [-0.1, -0.05) is 19.1 Å². The number of nitrogens with zero attached hydrogens (tertiary/aromatic N) is 4. The van der Waals surface area contributed by atoms with Gasteiger partial charge in [0.25, 0.3) is 0 Å². The summed E-state index contributed by atoms with van der Waals surface area (Å²) in [4.78, 5) is 29.9. The Bertz CT molecular complexity index is 1110. The number of pyridine rings is 1. The molecule has 2 aromatic heterocycles. The van der Waals surface area contributed by atoms with Crippen LogP contribution in [0.2, 0.25) is 0 Å². The van der Waals surface area contributed by atoms with Gasteiger partial charge in [-0.15, -0.1) is 0 Å². The van der Waals surface area contributed by atoms with Crippen LogP contribution in [0, 0.1) is 10.1 Å². The van der Waals surface area contributed by atoms with E-state index in [4.69, 9.17) is 4.74 Å². The molecule has 0 spiro atoms. The van der Waals surface area contributed by atoms with Gasteiger partial charge in [0.1, 0.15) is 11.4 Å². The minimum Gasteiger partial charge on any atom is -0.494 e. The van der Waals surface area contributed by atoms with Gasteiger partial charge in [0.2, 0.25) is 5.82 Å². The van der Waals surface area contributed by atoms with E-state index in [-0.39, 0.29) is 5.82 Å². The number of hydrogen-bond acceptors (Lipinski definition) is 6. The molecule has 0 N–H and O–H groups in total. The number of fused-ring (bicyclic) bond motifs is 2. The molecular formula is C20H20N4O4. The van der Waals surface area contributed by atoms with E-state index < -0.39 is 16.2 Å². The first-order valence-electron chi connectivity index (χ1n) is 9.24. The SMILES string of the molecule is CCCOc1ccc2c(c1)CCN(c1nc3ccccn3c(=O)c1[N+](=O)[O-])C2. The maximum Gasteiger partial charge on any atom is 0.376 e. The van der Waals surface area contributed by atoms with Gasteiger partial charge in [0.15, 0.2) is 0 Å². The van der Waals surface area contributed by atoms with Gasteiger partial charge in [-0.3, -0.25) is 19.3 Å². The second kappa shape index (κ2) is 7.30. The molecule has 144 valence electrons. The summed E-state index contributed by atoms with van der Waals surface area (Å²) >= 11 is 0. The zero-order valence-corrected chi connectivity index (χ0v) is 15.5. The predicted molar refractivity (Wildman–Crippen MR) is 105 cm³/mol. The molecule has 1 aliphatic rings. The first kappa shape index (κ1) is 18.0. The van der Waals surface area contributed by atoms with Gasteiger partial charge < -0.3 is 9.64 Å². The lowest BCUT2D eigenvalue weighted by Gasteiger charge is -2.29. The monoisotopic (exact) mass is 380 g/mol. The van der Waals surface area contributed by atoms with Gasteiger partial charge in [-0.2, -0.15) is 0 Å². The average Bonchev–Trinajstić information content (AvgIpc) is 2.71. The minimum absolute atomic E-state index is 0.123. The maximum absolute atomic E-state index is 12.7. The van der Waals surface area contributed by atoms with Crippen molar-refractivity contribution in [1.29, 1.82) is 0 Å². The van der Waals surface area contributed by atoms with Crippen LogP contribution in [0.15, 0.2) is 47.4 Å². The third-order valence-corrected chi connectivity index (χ3v) is 4.84. The van der Waals surface area contributed by atoms with Gasteiger partial charge in [-0.25, -0.2) is 4.98 Å². The second-order valence-electron chi connectivity index (χ2n) is 6.73. The minimum atomic E-state index is -0.667. The first-order chi connectivity index (χ1) is 13.6. The molecule has 0 aliphatic carbocycles.